The zero-order valence-electron chi connectivity index (χ0n) is 11.2. The largest absolute Gasteiger partial charge is 0.497 e. The van der Waals surface area contributed by atoms with Gasteiger partial charge in [-0.05, 0) is 37.9 Å². The summed E-state index contributed by atoms with van der Waals surface area (Å²) in [4.78, 5) is 0. The Morgan fingerprint density at radius 1 is 1.24 bits per heavy atom. The molecule has 1 N–H and O–H groups in total. The van der Waals surface area contributed by atoms with E-state index in [4.69, 9.17) is 9.47 Å². The summed E-state index contributed by atoms with van der Waals surface area (Å²) in [5.41, 5.74) is 1.21. The van der Waals surface area contributed by atoms with Gasteiger partial charge in [0.15, 0.2) is 0 Å². The summed E-state index contributed by atoms with van der Waals surface area (Å²) >= 11 is 0. The predicted octanol–water partition coefficient (Wildman–Crippen LogP) is 2.63. The van der Waals surface area contributed by atoms with Crippen molar-refractivity contribution in [1.29, 1.82) is 0 Å². The van der Waals surface area contributed by atoms with Crippen LogP contribution in [0.15, 0.2) is 18.2 Å². The maximum Gasteiger partial charge on any atom is 0.125 e. The lowest BCUT2D eigenvalue weighted by atomic mass is 10.1. The Kier molecular flexibility index (Phi) is 5.84. The molecule has 0 aliphatic carbocycles. The van der Waals surface area contributed by atoms with E-state index in [9.17, 15) is 0 Å². The van der Waals surface area contributed by atoms with Crippen LogP contribution < -0.4 is 14.8 Å². The van der Waals surface area contributed by atoms with Crippen molar-refractivity contribution in [1.82, 2.24) is 5.32 Å². The first-order chi connectivity index (χ1) is 8.21. The van der Waals surface area contributed by atoms with Crippen molar-refractivity contribution in [3.63, 3.8) is 0 Å². The topological polar surface area (TPSA) is 30.5 Å². The van der Waals surface area contributed by atoms with Gasteiger partial charge in [-0.1, -0.05) is 13.0 Å². The molecule has 0 bridgehead atoms. The molecule has 3 nitrogen and oxygen atoms in total. The maximum absolute atomic E-state index is 5.39. The van der Waals surface area contributed by atoms with Crippen molar-refractivity contribution in [3.8, 4) is 11.5 Å². The Bertz CT molecular complexity index is 339. The van der Waals surface area contributed by atoms with E-state index in [1.165, 1.54) is 5.56 Å². The number of benzene rings is 1. The molecule has 3 heteroatoms. The normalized spacial score (nSPS) is 12.2. The highest BCUT2D eigenvalue weighted by Crippen LogP contribution is 2.25. The first-order valence-corrected chi connectivity index (χ1v) is 6.15. The van der Waals surface area contributed by atoms with Crippen molar-refractivity contribution in [2.45, 2.75) is 32.7 Å². The number of methoxy groups -OCH3 is 2. The van der Waals surface area contributed by atoms with Crippen molar-refractivity contribution in [2.75, 3.05) is 20.8 Å². The second-order valence-corrected chi connectivity index (χ2v) is 4.24. The number of rotatable bonds is 7. The average Bonchev–Trinajstić information content (AvgIpc) is 2.36. The van der Waals surface area contributed by atoms with Crippen LogP contribution in [-0.2, 0) is 6.42 Å². The second-order valence-electron chi connectivity index (χ2n) is 4.24. The molecule has 0 heterocycles. The van der Waals surface area contributed by atoms with Crippen LogP contribution in [0.4, 0.5) is 0 Å². The third-order valence-electron chi connectivity index (χ3n) is 2.76. The zero-order chi connectivity index (χ0) is 12.7. The molecule has 17 heavy (non-hydrogen) atoms. The molecule has 0 aromatic heterocycles. The van der Waals surface area contributed by atoms with Gasteiger partial charge in [-0.3, -0.25) is 0 Å². The molecule has 1 rings (SSSR count). The summed E-state index contributed by atoms with van der Waals surface area (Å²) < 4.78 is 10.6. The summed E-state index contributed by atoms with van der Waals surface area (Å²) in [6.45, 7) is 5.42. The third kappa shape index (κ3) is 4.27. The van der Waals surface area contributed by atoms with Gasteiger partial charge in [0.2, 0.25) is 0 Å². The van der Waals surface area contributed by atoms with Gasteiger partial charge in [0.1, 0.15) is 11.5 Å². The fraction of sp³-hybridized carbons (Fsp3) is 0.571. The first-order valence-electron chi connectivity index (χ1n) is 6.15. The summed E-state index contributed by atoms with van der Waals surface area (Å²) in [6.07, 6.45) is 2.12. The first kappa shape index (κ1) is 13.8. The van der Waals surface area contributed by atoms with E-state index >= 15 is 0 Å². The van der Waals surface area contributed by atoms with E-state index in [2.05, 4.69) is 25.2 Å². The maximum atomic E-state index is 5.39. The van der Waals surface area contributed by atoms with Crippen LogP contribution in [0.1, 0.15) is 25.8 Å². The van der Waals surface area contributed by atoms with Crippen molar-refractivity contribution in [3.05, 3.63) is 23.8 Å². The minimum Gasteiger partial charge on any atom is -0.497 e. The van der Waals surface area contributed by atoms with Gasteiger partial charge in [0.25, 0.3) is 0 Å². The fourth-order valence-electron chi connectivity index (χ4n) is 1.81. The minimum absolute atomic E-state index is 0.456. The zero-order valence-corrected chi connectivity index (χ0v) is 11.2. The van der Waals surface area contributed by atoms with Crippen LogP contribution in [0.25, 0.3) is 0 Å². The highest BCUT2D eigenvalue weighted by molar-refractivity contribution is 5.41. The molecule has 0 saturated carbocycles. The van der Waals surface area contributed by atoms with Crippen molar-refractivity contribution >= 4 is 0 Å². The Labute approximate surface area is 104 Å². The Morgan fingerprint density at radius 2 is 2.00 bits per heavy atom. The molecule has 0 aliphatic rings. The van der Waals surface area contributed by atoms with Gasteiger partial charge in [-0.15, -0.1) is 0 Å². The number of ether oxygens (including phenoxy) is 2. The predicted molar refractivity (Wildman–Crippen MR) is 71.0 cm³/mol. The van der Waals surface area contributed by atoms with Crippen LogP contribution in [-0.4, -0.2) is 26.8 Å². The van der Waals surface area contributed by atoms with E-state index < -0.39 is 0 Å². The highest BCUT2D eigenvalue weighted by atomic mass is 16.5. The summed E-state index contributed by atoms with van der Waals surface area (Å²) in [7, 11) is 3.36. The lowest BCUT2D eigenvalue weighted by molar-refractivity contribution is 0.389. The lowest BCUT2D eigenvalue weighted by Gasteiger charge is -2.16. The SMILES string of the molecule is CCCNC(C)Cc1ccc(OC)cc1OC. The lowest BCUT2D eigenvalue weighted by Crippen LogP contribution is -2.28. The standard InChI is InChI=1S/C14H23NO2/c1-5-8-15-11(2)9-12-6-7-13(16-3)10-14(12)17-4/h6-7,10-11,15H,5,8-9H2,1-4H3. The van der Waals surface area contributed by atoms with Crippen LogP contribution >= 0.6 is 0 Å². The quantitative estimate of drug-likeness (QED) is 0.791. The summed E-state index contributed by atoms with van der Waals surface area (Å²) in [5, 5.41) is 3.47. The molecule has 1 aromatic carbocycles. The number of nitrogens with one attached hydrogen (secondary N) is 1. The van der Waals surface area contributed by atoms with Crippen molar-refractivity contribution in [2.24, 2.45) is 0 Å². The molecule has 0 fully saturated rings. The van der Waals surface area contributed by atoms with Gasteiger partial charge in [-0.25, -0.2) is 0 Å². The second kappa shape index (κ2) is 7.17. The molecule has 0 saturated heterocycles. The smallest absolute Gasteiger partial charge is 0.125 e. The van der Waals surface area contributed by atoms with E-state index in [1.54, 1.807) is 14.2 Å². The van der Waals surface area contributed by atoms with Crippen molar-refractivity contribution < 1.29 is 9.47 Å². The summed E-state index contributed by atoms with van der Waals surface area (Å²) in [5.74, 6) is 1.73. The van der Waals surface area contributed by atoms with Gasteiger partial charge < -0.3 is 14.8 Å². The molecule has 1 unspecified atom stereocenters. The molecule has 0 aliphatic heterocycles. The summed E-state index contributed by atoms with van der Waals surface area (Å²) in [6, 6.07) is 6.44. The van der Waals surface area contributed by atoms with E-state index in [-0.39, 0.29) is 0 Å². The molecular weight excluding hydrogens is 214 g/mol. The van der Waals surface area contributed by atoms with Crippen LogP contribution in [0.3, 0.4) is 0 Å². The Balaban J connectivity index is 2.69. The number of hydrogen-bond donors (Lipinski definition) is 1. The van der Waals surface area contributed by atoms with Gasteiger partial charge >= 0.3 is 0 Å². The van der Waals surface area contributed by atoms with E-state index in [0.29, 0.717) is 6.04 Å². The van der Waals surface area contributed by atoms with E-state index in [1.807, 2.05) is 12.1 Å². The molecule has 1 atom stereocenters. The Morgan fingerprint density at radius 3 is 2.59 bits per heavy atom. The molecule has 1 aromatic rings. The van der Waals surface area contributed by atoms with E-state index in [0.717, 1.165) is 30.9 Å². The molecular formula is C14H23NO2. The van der Waals surface area contributed by atoms with Gasteiger partial charge in [0.05, 0.1) is 14.2 Å². The molecule has 96 valence electrons. The third-order valence-corrected chi connectivity index (χ3v) is 2.76. The number of hydrogen-bond acceptors (Lipinski definition) is 3. The van der Waals surface area contributed by atoms with Gasteiger partial charge in [0, 0.05) is 12.1 Å². The van der Waals surface area contributed by atoms with Crippen LogP contribution in [0.2, 0.25) is 0 Å². The molecule has 0 amide bonds. The van der Waals surface area contributed by atoms with Crippen LogP contribution in [0.5, 0.6) is 11.5 Å². The molecule has 0 spiro atoms. The fourth-order valence-corrected chi connectivity index (χ4v) is 1.81. The average molecular weight is 237 g/mol. The minimum atomic E-state index is 0.456. The monoisotopic (exact) mass is 237 g/mol. The molecule has 0 radical (unpaired) electrons. The highest BCUT2D eigenvalue weighted by Gasteiger charge is 2.08. The van der Waals surface area contributed by atoms with Crippen LogP contribution in [0, 0.1) is 0 Å². The Hall–Kier alpha value is -1.22. The van der Waals surface area contributed by atoms with Gasteiger partial charge in [-0.2, -0.15) is 0 Å².